The summed E-state index contributed by atoms with van der Waals surface area (Å²) < 4.78 is 19.8. The van der Waals surface area contributed by atoms with Gasteiger partial charge in [-0.2, -0.15) is 0 Å². The highest BCUT2D eigenvalue weighted by Crippen LogP contribution is 2.49. The monoisotopic (exact) mass is 423 g/mol. The predicted octanol–water partition coefficient (Wildman–Crippen LogP) is 5.67. The second-order valence-corrected chi connectivity index (χ2v) is 7.79. The number of carbonyl (C=O) groups excluding carboxylic acids is 1. The molecule has 1 fully saturated rings. The van der Waals surface area contributed by atoms with Gasteiger partial charge < -0.3 is 15.2 Å². The van der Waals surface area contributed by atoms with Gasteiger partial charge in [0.1, 0.15) is 11.6 Å². The van der Waals surface area contributed by atoms with Gasteiger partial charge in [0.25, 0.3) is 0 Å². The summed E-state index contributed by atoms with van der Waals surface area (Å²) in [5, 5.41) is 12.0. The Morgan fingerprint density at radius 1 is 1.03 bits per heavy atom. The molecule has 0 aliphatic heterocycles. The molecule has 0 atom stereocenters. The Bertz CT molecular complexity index is 1180. The summed E-state index contributed by atoms with van der Waals surface area (Å²) in [5.74, 6) is -1.17. The summed E-state index contributed by atoms with van der Waals surface area (Å²) in [5.41, 5.74) is 2.53. The molecule has 5 nitrogen and oxygen atoms in total. The number of aryl methyl sites for hydroxylation is 1. The maximum atomic E-state index is 14.6. The highest BCUT2D eigenvalue weighted by molar-refractivity contribution is 6.02. The molecular formula is C25H26FNO4. The summed E-state index contributed by atoms with van der Waals surface area (Å²) in [6, 6.07) is 16.6. The molecule has 1 amide bonds. The molecule has 1 saturated carbocycles. The highest BCUT2D eigenvalue weighted by Gasteiger charge is 2.51. The molecule has 0 spiro atoms. The quantitative estimate of drug-likeness (QED) is 0.536. The zero-order valence-electron chi connectivity index (χ0n) is 17.2. The van der Waals surface area contributed by atoms with Crippen LogP contribution in [0.4, 0.5) is 10.1 Å². The molecule has 6 heteroatoms. The summed E-state index contributed by atoms with van der Waals surface area (Å²) >= 11 is 0. The number of carboxylic acids is 1. The number of nitrogens with one attached hydrogen (secondary N) is 1. The highest BCUT2D eigenvalue weighted by atomic mass is 19.1. The van der Waals surface area contributed by atoms with E-state index < -0.39 is 17.2 Å². The smallest absolute Gasteiger partial charge is 0.335 e. The van der Waals surface area contributed by atoms with Gasteiger partial charge in [-0.05, 0) is 72.9 Å². The van der Waals surface area contributed by atoms with Crippen LogP contribution in [0, 0.1) is 12.7 Å². The van der Waals surface area contributed by atoms with Crippen LogP contribution >= 0.6 is 0 Å². The van der Waals surface area contributed by atoms with Gasteiger partial charge in [0.2, 0.25) is 5.91 Å². The normalized spacial score (nSPS) is 14.0. The zero-order valence-corrected chi connectivity index (χ0v) is 17.2. The number of ether oxygens (including phenoxy) is 1. The first-order valence-corrected chi connectivity index (χ1v) is 9.94. The minimum atomic E-state index is -1.18. The first-order valence-electron chi connectivity index (χ1n) is 9.94. The van der Waals surface area contributed by atoms with Crippen molar-refractivity contribution in [3.05, 3.63) is 83.2 Å². The standard InChI is InChI=1S/C25H22FNO4.2H2/c1-15-3-7-18(14-21(15)20-10-4-16(23(28)29)13-22(20)26)27-24(30)25(11-12-25)17-5-8-19(31-2)9-6-17;;/h3-10,13-14H,11-12H2,1-2H3,(H,27,30)(H,28,29);2*1H. The van der Waals surface area contributed by atoms with Crippen molar-refractivity contribution in [2.24, 2.45) is 0 Å². The lowest BCUT2D eigenvalue weighted by Crippen LogP contribution is -2.27. The second kappa shape index (κ2) is 7.87. The molecule has 3 aromatic rings. The number of methoxy groups -OCH3 is 1. The predicted molar refractivity (Wildman–Crippen MR) is 120 cm³/mol. The fourth-order valence-electron chi connectivity index (χ4n) is 3.79. The largest absolute Gasteiger partial charge is 0.497 e. The summed E-state index contributed by atoms with van der Waals surface area (Å²) in [7, 11) is 1.60. The van der Waals surface area contributed by atoms with Crippen molar-refractivity contribution in [3.8, 4) is 16.9 Å². The Morgan fingerprint density at radius 2 is 1.74 bits per heavy atom. The first-order chi connectivity index (χ1) is 14.8. The van der Waals surface area contributed by atoms with Crippen LogP contribution in [0.3, 0.4) is 0 Å². The topological polar surface area (TPSA) is 75.6 Å². The maximum Gasteiger partial charge on any atom is 0.335 e. The van der Waals surface area contributed by atoms with Gasteiger partial charge in [-0.1, -0.05) is 24.3 Å². The Morgan fingerprint density at radius 3 is 2.32 bits per heavy atom. The number of carboxylic acid groups (broad SMARTS) is 1. The van der Waals surface area contributed by atoms with E-state index >= 15 is 0 Å². The molecule has 1 aliphatic carbocycles. The third kappa shape index (κ3) is 3.89. The van der Waals surface area contributed by atoms with Crippen LogP contribution in [-0.2, 0) is 10.2 Å². The number of carbonyl (C=O) groups is 2. The van der Waals surface area contributed by atoms with E-state index in [0.717, 1.165) is 35.8 Å². The number of anilines is 1. The third-order valence-electron chi connectivity index (χ3n) is 5.83. The number of benzene rings is 3. The lowest BCUT2D eigenvalue weighted by molar-refractivity contribution is -0.118. The summed E-state index contributed by atoms with van der Waals surface area (Å²) in [6.07, 6.45) is 1.52. The van der Waals surface area contributed by atoms with E-state index in [2.05, 4.69) is 5.32 Å². The van der Waals surface area contributed by atoms with Crippen molar-refractivity contribution in [1.82, 2.24) is 0 Å². The van der Waals surface area contributed by atoms with E-state index in [1.807, 2.05) is 37.3 Å². The lowest BCUT2D eigenvalue weighted by atomic mass is 9.94. The van der Waals surface area contributed by atoms with Gasteiger partial charge in [0.15, 0.2) is 0 Å². The Kier molecular flexibility index (Phi) is 5.23. The SMILES string of the molecule is COc1ccc(C2(C(=O)Nc3ccc(C)c(-c4ccc(C(=O)O)cc4F)c3)CC2)cc1.[HH].[HH]. The molecule has 4 rings (SSSR count). The molecule has 3 aromatic carbocycles. The molecule has 0 unspecified atom stereocenters. The van der Waals surface area contributed by atoms with Gasteiger partial charge in [-0.3, -0.25) is 4.79 Å². The van der Waals surface area contributed by atoms with Crippen LogP contribution in [0.2, 0.25) is 0 Å². The average Bonchev–Trinajstić information content (AvgIpc) is 3.57. The van der Waals surface area contributed by atoms with Crippen molar-refractivity contribution in [3.63, 3.8) is 0 Å². The van der Waals surface area contributed by atoms with E-state index in [-0.39, 0.29) is 19.9 Å². The van der Waals surface area contributed by atoms with E-state index in [1.165, 1.54) is 12.1 Å². The fraction of sp³-hybridized carbons (Fsp3) is 0.200. The minimum Gasteiger partial charge on any atom is -0.497 e. The minimum absolute atomic E-state index is 0. The van der Waals surface area contributed by atoms with E-state index in [4.69, 9.17) is 9.84 Å². The van der Waals surface area contributed by atoms with Gasteiger partial charge in [-0.25, -0.2) is 9.18 Å². The fourth-order valence-corrected chi connectivity index (χ4v) is 3.79. The van der Waals surface area contributed by atoms with Crippen molar-refractivity contribution >= 4 is 17.6 Å². The number of hydrogen-bond acceptors (Lipinski definition) is 3. The lowest BCUT2D eigenvalue weighted by Gasteiger charge is -2.17. The molecule has 1 aliphatic rings. The Balaban J connectivity index is 0.00000193. The average molecular weight is 423 g/mol. The van der Waals surface area contributed by atoms with Gasteiger partial charge in [0, 0.05) is 14.1 Å². The number of amides is 1. The van der Waals surface area contributed by atoms with Crippen LogP contribution in [0.1, 0.15) is 37.2 Å². The Hall–Kier alpha value is -3.67. The van der Waals surface area contributed by atoms with Gasteiger partial charge in [-0.15, -0.1) is 0 Å². The molecule has 162 valence electrons. The second-order valence-electron chi connectivity index (χ2n) is 7.79. The molecule has 2 N–H and O–H groups in total. The van der Waals surface area contributed by atoms with Crippen LogP contribution in [0.5, 0.6) is 5.75 Å². The van der Waals surface area contributed by atoms with Crippen molar-refractivity contribution in [1.29, 1.82) is 0 Å². The molecule has 0 heterocycles. The van der Waals surface area contributed by atoms with Gasteiger partial charge >= 0.3 is 5.97 Å². The molecule has 0 bridgehead atoms. The molecule has 0 aromatic heterocycles. The van der Waals surface area contributed by atoms with E-state index in [0.29, 0.717) is 11.3 Å². The molecular weight excluding hydrogens is 397 g/mol. The van der Waals surface area contributed by atoms with Crippen LogP contribution in [-0.4, -0.2) is 24.1 Å². The number of aromatic carboxylic acids is 1. The first kappa shape index (κ1) is 20.6. The van der Waals surface area contributed by atoms with Crippen molar-refractivity contribution in [2.75, 3.05) is 12.4 Å². The number of rotatable bonds is 6. The summed E-state index contributed by atoms with van der Waals surface area (Å²) in [4.78, 5) is 24.2. The third-order valence-corrected chi connectivity index (χ3v) is 5.83. The van der Waals surface area contributed by atoms with E-state index in [9.17, 15) is 14.0 Å². The van der Waals surface area contributed by atoms with Crippen LogP contribution < -0.4 is 10.1 Å². The van der Waals surface area contributed by atoms with Crippen LogP contribution in [0.15, 0.2) is 60.7 Å². The number of halogens is 1. The summed E-state index contributed by atoms with van der Waals surface area (Å²) in [6.45, 7) is 1.84. The van der Waals surface area contributed by atoms with Crippen molar-refractivity contribution in [2.45, 2.75) is 25.2 Å². The molecule has 31 heavy (non-hydrogen) atoms. The van der Waals surface area contributed by atoms with Gasteiger partial charge in [0.05, 0.1) is 18.1 Å². The maximum absolute atomic E-state index is 14.6. The Labute approximate surface area is 182 Å². The molecule has 0 radical (unpaired) electrons. The molecule has 0 saturated heterocycles. The zero-order chi connectivity index (χ0) is 22.2. The van der Waals surface area contributed by atoms with E-state index in [1.54, 1.807) is 19.2 Å². The van der Waals surface area contributed by atoms with Crippen molar-refractivity contribution < 1.29 is 26.7 Å². The van der Waals surface area contributed by atoms with Crippen LogP contribution in [0.25, 0.3) is 11.1 Å². The number of hydrogen-bond donors (Lipinski definition) is 2.